The first kappa shape index (κ1) is 29.2. The number of ether oxygens (including phenoxy) is 4. The second-order valence-electron chi connectivity index (χ2n) is 10.2. The number of rotatable bonds is 13. The Morgan fingerprint density at radius 2 is 1.86 bits per heavy atom. The van der Waals surface area contributed by atoms with E-state index in [4.69, 9.17) is 18.9 Å². The molecule has 1 saturated carbocycles. The molecule has 1 fully saturated rings. The summed E-state index contributed by atoms with van der Waals surface area (Å²) in [4.78, 5) is 11.7. The van der Waals surface area contributed by atoms with Crippen molar-refractivity contribution in [3.05, 3.63) is 72.1 Å². The van der Waals surface area contributed by atoms with Crippen LogP contribution in [0.3, 0.4) is 0 Å². The van der Waals surface area contributed by atoms with Crippen molar-refractivity contribution in [2.24, 2.45) is 11.8 Å². The largest absolute Gasteiger partial charge is 0.423 e. The summed E-state index contributed by atoms with van der Waals surface area (Å²) in [7, 11) is 0. The fourth-order valence-electron chi connectivity index (χ4n) is 4.54. The van der Waals surface area contributed by atoms with Gasteiger partial charge in [0.15, 0.2) is 6.29 Å². The van der Waals surface area contributed by atoms with Gasteiger partial charge in [0.1, 0.15) is 11.9 Å². The highest BCUT2D eigenvalue weighted by Crippen LogP contribution is 2.31. The summed E-state index contributed by atoms with van der Waals surface area (Å²) in [5.74, 6) is -0.219. The first-order chi connectivity index (χ1) is 17.7. The predicted octanol–water partition coefficient (Wildman–Crippen LogP) is 5.66. The Hall–Kier alpha value is -2.32. The zero-order valence-electron chi connectivity index (χ0n) is 22.1. The number of hydrogen-bond donors (Lipinski definition) is 1. The Bertz CT molecular complexity index is 924. The van der Waals surface area contributed by atoms with Gasteiger partial charge in [-0.15, -0.1) is 0 Å². The normalized spacial score (nSPS) is 28.3. The molecule has 37 heavy (non-hydrogen) atoms. The zero-order chi connectivity index (χ0) is 26.8. The minimum Gasteiger partial charge on any atom is -0.423 e. The van der Waals surface area contributed by atoms with Crippen LogP contribution < -0.4 is 0 Å². The number of carbonyl (C=O) groups is 1. The molecule has 204 valence electrons. The molecule has 3 aliphatic carbocycles. The second-order valence-corrected chi connectivity index (χ2v) is 10.2. The molecule has 0 spiro atoms. The summed E-state index contributed by atoms with van der Waals surface area (Å²) in [6.45, 7) is 12.3. The van der Waals surface area contributed by atoms with Gasteiger partial charge in [-0.3, -0.25) is 0 Å². The first-order valence-electron chi connectivity index (χ1n) is 13.2. The molecule has 0 aromatic carbocycles. The smallest absolute Gasteiger partial charge is 0.338 e. The van der Waals surface area contributed by atoms with Crippen LogP contribution in [0.1, 0.15) is 52.4 Å². The number of halogens is 1. The molecule has 0 aliphatic heterocycles. The average Bonchev–Trinajstić information content (AvgIpc) is 2.88. The third-order valence-corrected chi connectivity index (χ3v) is 6.85. The molecular weight excluding hydrogens is 475 g/mol. The molecule has 0 aromatic rings. The van der Waals surface area contributed by atoms with Crippen LogP contribution in [0.15, 0.2) is 72.1 Å². The summed E-state index contributed by atoms with van der Waals surface area (Å²) in [5.41, 5.74) is 1.78. The van der Waals surface area contributed by atoms with E-state index in [1.807, 2.05) is 18.2 Å². The maximum Gasteiger partial charge on any atom is 0.338 e. The van der Waals surface area contributed by atoms with Crippen molar-refractivity contribution in [3.63, 3.8) is 0 Å². The number of esters is 1. The number of aliphatic hydroxyl groups is 1. The molecule has 4 atom stereocenters. The number of carbonyl (C=O) groups excluding carboxylic acids is 1. The number of aliphatic hydroxyl groups excluding tert-OH is 1. The molecule has 0 heterocycles. The summed E-state index contributed by atoms with van der Waals surface area (Å²) >= 11 is 0. The van der Waals surface area contributed by atoms with Gasteiger partial charge in [-0.05, 0) is 81.6 Å². The van der Waals surface area contributed by atoms with Crippen molar-refractivity contribution in [2.75, 3.05) is 19.8 Å². The van der Waals surface area contributed by atoms with E-state index in [1.165, 1.54) is 6.08 Å². The third-order valence-electron chi connectivity index (χ3n) is 6.85. The summed E-state index contributed by atoms with van der Waals surface area (Å²) in [5, 5.41) is 9.56. The molecule has 0 amide bonds. The van der Waals surface area contributed by atoms with Crippen LogP contribution in [0.2, 0.25) is 0 Å². The van der Waals surface area contributed by atoms with Crippen LogP contribution in [0.5, 0.6) is 0 Å². The summed E-state index contributed by atoms with van der Waals surface area (Å²) in [6.07, 6.45) is 14.5. The van der Waals surface area contributed by atoms with Crippen molar-refractivity contribution in [2.45, 2.75) is 77.0 Å². The third kappa shape index (κ3) is 9.49. The van der Waals surface area contributed by atoms with Gasteiger partial charge in [0.25, 0.3) is 0 Å². The van der Waals surface area contributed by atoms with Gasteiger partial charge in [-0.25, -0.2) is 9.18 Å². The van der Waals surface area contributed by atoms with Gasteiger partial charge in [-0.1, -0.05) is 37.5 Å². The minimum absolute atomic E-state index is 0.000493. The molecule has 3 rings (SSSR count). The maximum absolute atomic E-state index is 14.8. The lowest BCUT2D eigenvalue weighted by molar-refractivity contribution is -0.134. The number of allylic oxidation sites excluding steroid dienone is 5. The molecule has 6 nitrogen and oxygen atoms in total. The van der Waals surface area contributed by atoms with Crippen LogP contribution in [0.4, 0.5) is 4.39 Å². The molecule has 0 aromatic heterocycles. The lowest BCUT2D eigenvalue weighted by Gasteiger charge is -2.30. The second kappa shape index (κ2) is 14.6. The Morgan fingerprint density at radius 3 is 2.49 bits per heavy atom. The Balaban J connectivity index is 1.30. The van der Waals surface area contributed by atoms with Gasteiger partial charge in [-0.2, -0.15) is 0 Å². The highest BCUT2D eigenvalue weighted by Gasteiger charge is 2.27. The summed E-state index contributed by atoms with van der Waals surface area (Å²) in [6, 6.07) is 0. The fraction of sp³-hybridized carbons (Fsp3) is 0.567. The zero-order valence-corrected chi connectivity index (χ0v) is 22.1. The lowest BCUT2D eigenvalue weighted by Crippen LogP contribution is -2.26. The van der Waals surface area contributed by atoms with E-state index < -0.39 is 24.3 Å². The van der Waals surface area contributed by atoms with Gasteiger partial charge in [0.2, 0.25) is 0 Å². The van der Waals surface area contributed by atoms with Crippen molar-refractivity contribution in [3.8, 4) is 0 Å². The average molecular weight is 517 g/mol. The van der Waals surface area contributed by atoms with Crippen molar-refractivity contribution >= 4 is 5.97 Å². The number of hydrogen-bond acceptors (Lipinski definition) is 6. The van der Waals surface area contributed by atoms with Gasteiger partial charge in [0, 0.05) is 18.1 Å². The summed E-state index contributed by atoms with van der Waals surface area (Å²) < 4.78 is 37.3. The highest BCUT2D eigenvalue weighted by atomic mass is 19.1. The number of alkyl halides is 1. The van der Waals surface area contributed by atoms with E-state index >= 15 is 0 Å². The van der Waals surface area contributed by atoms with E-state index in [1.54, 1.807) is 26.0 Å². The highest BCUT2D eigenvalue weighted by molar-refractivity contribution is 5.87. The standard InChI is InChI=1S/C30H41FO6/c1-20(2)29(32)35-17-5-16-34-24-10-6-22(7-11-24)19-36-25-12-8-23(9-13-25)27-15-14-26(18-28(27)31)37-30(33)21(3)4/h8-9,12,14-15,18,22,24-25,27-29,32H,1,3,5-7,10-11,13,16-17,19H2,2,4H3. The monoisotopic (exact) mass is 516 g/mol. The van der Waals surface area contributed by atoms with Crippen LogP contribution in [-0.2, 0) is 23.7 Å². The predicted molar refractivity (Wildman–Crippen MR) is 141 cm³/mol. The maximum atomic E-state index is 14.8. The lowest BCUT2D eigenvalue weighted by atomic mass is 9.86. The van der Waals surface area contributed by atoms with E-state index in [0.29, 0.717) is 37.7 Å². The van der Waals surface area contributed by atoms with Crippen molar-refractivity contribution in [1.82, 2.24) is 0 Å². The quantitative estimate of drug-likeness (QED) is 0.112. The Morgan fingerprint density at radius 1 is 1.11 bits per heavy atom. The van der Waals surface area contributed by atoms with E-state index in [2.05, 4.69) is 13.2 Å². The van der Waals surface area contributed by atoms with Crippen LogP contribution in [0, 0.1) is 11.8 Å². The Kier molecular flexibility index (Phi) is 11.5. The van der Waals surface area contributed by atoms with Gasteiger partial charge < -0.3 is 24.1 Å². The topological polar surface area (TPSA) is 74.2 Å². The molecule has 0 radical (unpaired) electrons. The van der Waals surface area contributed by atoms with Crippen molar-refractivity contribution in [1.29, 1.82) is 0 Å². The molecule has 1 N–H and O–H groups in total. The fourth-order valence-corrected chi connectivity index (χ4v) is 4.54. The van der Waals surface area contributed by atoms with Crippen LogP contribution in [0.25, 0.3) is 0 Å². The first-order valence-corrected chi connectivity index (χ1v) is 13.2. The molecule has 7 heteroatoms. The Labute approximate surface area is 220 Å². The minimum atomic E-state index is -1.26. The van der Waals surface area contributed by atoms with Gasteiger partial charge >= 0.3 is 5.97 Å². The van der Waals surface area contributed by atoms with Crippen molar-refractivity contribution < 1.29 is 33.2 Å². The SMILES string of the molecule is C=C(C)C(=O)OC1=CC(F)C(C2=CCC(OCC3CCC(OCCCOC(O)C(=C)C)CC3)C=C2)C=C1. The van der Waals surface area contributed by atoms with Crippen LogP contribution >= 0.6 is 0 Å². The van der Waals surface area contributed by atoms with E-state index in [-0.39, 0.29) is 23.5 Å². The van der Waals surface area contributed by atoms with Gasteiger partial charge in [0.05, 0.1) is 25.4 Å². The molecular formula is C30H41FO6. The van der Waals surface area contributed by atoms with E-state index in [0.717, 1.165) is 37.7 Å². The molecule has 3 aliphatic rings. The molecule has 0 saturated heterocycles. The molecule has 4 unspecified atom stereocenters. The molecule has 0 bridgehead atoms. The van der Waals surface area contributed by atoms with Crippen LogP contribution in [-0.4, -0.2) is 55.6 Å². The van der Waals surface area contributed by atoms with E-state index in [9.17, 15) is 14.3 Å².